The summed E-state index contributed by atoms with van der Waals surface area (Å²) in [5, 5.41) is 0. The molecule has 0 radical (unpaired) electrons. The predicted molar refractivity (Wildman–Crippen MR) is 127 cm³/mol. The molecular formula is C28H28F3NO3. The predicted octanol–water partition coefficient (Wildman–Crippen LogP) is 6.17. The van der Waals surface area contributed by atoms with Crippen molar-refractivity contribution >= 4 is 5.91 Å². The number of nitrogens with zero attached hydrogens (tertiary/aromatic N) is 1. The Balaban J connectivity index is 1.60. The van der Waals surface area contributed by atoms with Crippen LogP contribution in [0, 0.1) is 5.92 Å². The number of likely N-dealkylation sites (tertiary alicyclic amines) is 1. The summed E-state index contributed by atoms with van der Waals surface area (Å²) < 4.78 is 48.3. The number of piperidine rings is 1. The molecule has 1 fully saturated rings. The number of hydrogen-bond donors (Lipinski definition) is 0. The first-order chi connectivity index (χ1) is 16.8. The average molecular weight is 484 g/mol. The number of carbonyl (C=O) groups is 1. The van der Waals surface area contributed by atoms with Crippen LogP contribution >= 0.6 is 0 Å². The summed E-state index contributed by atoms with van der Waals surface area (Å²) in [6.45, 7) is 2.83. The molecular weight excluding hydrogens is 455 g/mol. The highest BCUT2D eigenvalue weighted by Gasteiger charge is 2.38. The van der Waals surface area contributed by atoms with Gasteiger partial charge in [0.15, 0.2) is 0 Å². The van der Waals surface area contributed by atoms with E-state index in [1.54, 1.807) is 13.0 Å². The third-order valence-corrected chi connectivity index (χ3v) is 6.38. The summed E-state index contributed by atoms with van der Waals surface area (Å²) in [6, 6.07) is 26.1. The number of carbonyl (C=O) groups excluding carboxylic acids is 1. The quantitative estimate of drug-likeness (QED) is 0.403. The van der Waals surface area contributed by atoms with E-state index < -0.39 is 6.36 Å². The van der Waals surface area contributed by atoms with Crippen LogP contribution in [-0.2, 0) is 16.1 Å². The van der Waals surface area contributed by atoms with E-state index in [1.165, 1.54) is 18.2 Å². The molecule has 1 saturated heterocycles. The number of hydrogen-bond acceptors (Lipinski definition) is 3. The Hall–Kier alpha value is -3.32. The molecule has 0 aromatic heterocycles. The highest BCUT2D eigenvalue weighted by atomic mass is 19.4. The van der Waals surface area contributed by atoms with Crippen molar-refractivity contribution in [1.82, 2.24) is 4.90 Å². The van der Waals surface area contributed by atoms with Gasteiger partial charge in [-0.05, 0) is 35.2 Å². The Morgan fingerprint density at radius 2 is 1.60 bits per heavy atom. The van der Waals surface area contributed by atoms with Gasteiger partial charge < -0.3 is 14.4 Å². The lowest BCUT2D eigenvalue weighted by Crippen LogP contribution is -2.48. The summed E-state index contributed by atoms with van der Waals surface area (Å²) in [7, 11) is 0. The summed E-state index contributed by atoms with van der Waals surface area (Å²) in [6.07, 6.45) is -4.30. The molecule has 4 nitrogen and oxygen atoms in total. The first kappa shape index (κ1) is 24.8. The van der Waals surface area contributed by atoms with Crippen LogP contribution in [0.4, 0.5) is 13.2 Å². The fraction of sp³-hybridized carbons (Fsp3) is 0.321. The van der Waals surface area contributed by atoms with Crippen LogP contribution in [0.3, 0.4) is 0 Å². The van der Waals surface area contributed by atoms with Crippen LogP contribution in [0.1, 0.15) is 36.0 Å². The van der Waals surface area contributed by atoms with Gasteiger partial charge in [0.05, 0.1) is 12.7 Å². The number of rotatable bonds is 7. The van der Waals surface area contributed by atoms with E-state index in [4.69, 9.17) is 4.74 Å². The highest BCUT2D eigenvalue weighted by Crippen LogP contribution is 2.39. The molecule has 0 bridgehead atoms. The lowest BCUT2D eigenvalue weighted by molar-refractivity contribution is -0.274. The van der Waals surface area contributed by atoms with E-state index in [2.05, 4.69) is 29.0 Å². The Kier molecular flexibility index (Phi) is 7.76. The molecule has 1 aliphatic heterocycles. The molecule has 3 aromatic rings. The van der Waals surface area contributed by atoms with Gasteiger partial charge in [0.25, 0.3) is 0 Å². The average Bonchev–Trinajstić information content (AvgIpc) is 2.84. The number of benzene rings is 3. The van der Waals surface area contributed by atoms with Crippen molar-refractivity contribution in [2.45, 2.75) is 38.3 Å². The van der Waals surface area contributed by atoms with Crippen LogP contribution in [0.25, 0.3) is 0 Å². The van der Waals surface area contributed by atoms with Gasteiger partial charge in [0.2, 0.25) is 5.91 Å². The maximum Gasteiger partial charge on any atom is 0.573 e. The van der Waals surface area contributed by atoms with Crippen LogP contribution in [0.15, 0.2) is 84.9 Å². The van der Waals surface area contributed by atoms with E-state index in [0.717, 1.165) is 11.1 Å². The molecule has 184 valence electrons. The molecule has 0 saturated carbocycles. The lowest BCUT2D eigenvalue weighted by atomic mass is 9.75. The van der Waals surface area contributed by atoms with E-state index in [1.807, 2.05) is 41.3 Å². The second-order valence-corrected chi connectivity index (χ2v) is 8.76. The molecule has 0 unspecified atom stereocenters. The van der Waals surface area contributed by atoms with Crippen molar-refractivity contribution in [1.29, 1.82) is 0 Å². The van der Waals surface area contributed by atoms with Gasteiger partial charge in [-0.1, -0.05) is 72.8 Å². The summed E-state index contributed by atoms with van der Waals surface area (Å²) >= 11 is 0. The van der Waals surface area contributed by atoms with Crippen LogP contribution in [-0.4, -0.2) is 36.4 Å². The molecule has 7 heteroatoms. The number of halogens is 3. The van der Waals surface area contributed by atoms with Crippen molar-refractivity contribution < 1.29 is 27.4 Å². The number of alkyl halides is 3. The van der Waals surface area contributed by atoms with Crippen molar-refractivity contribution in [3.05, 3.63) is 102 Å². The van der Waals surface area contributed by atoms with Gasteiger partial charge in [0.1, 0.15) is 5.75 Å². The molecule has 0 N–H and O–H groups in total. The van der Waals surface area contributed by atoms with Gasteiger partial charge in [-0.2, -0.15) is 0 Å². The Bertz CT molecular complexity index is 1070. The van der Waals surface area contributed by atoms with Gasteiger partial charge in [-0.25, -0.2) is 0 Å². The lowest BCUT2D eigenvalue weighted by Gasteiger charge is -2.42. The van der Waals surface area contributed by atoms with E-state index in [9.17, 15) is 18.0 Å². The molecule has 0 spiro atoms. The number of ether oxygens (including phenoxy) is 2. The van der Waals surface area contributed by atoms with E-state index >= 15 is 0 Å². The van der Waals surface area contributed by atoms with E-state index in [0.29, 0.717) is 25.1 Å². The van der Waals surface area contributed by atoms with Gasteiger partial charge in [-0.3, -0.25) is 4.79 Å². The second-order valence-electron chi connectivity index (χ2n) is 8.76. The minimum atomic E-state index is -4.75. The third kappa shape index (κ3) is 6.63. The topological polar surface area (TPSA) is 38.8 Å². The standard InChI is InChI=1S/C28H28F3NO3/c1-20(33)32-16-15-26(34-19-21-9-8-14-24(17-21)35-28(29,30)31)25(18-32)27(22-10-4-2-5-11-22)23-12-6-3-7-13-23/h2-14,17,25-27H,15-16,18-19H2,1H3/t25-,26+/m1/s1. The van der Waals surface area contributed by atoms with Gasteiger partial charge >= 0.3 is 6.36 Å². The molecule has 1 heterocycles. The minimum absolute atomic E-state index is 0.00977. The first-order valence-corrected chi connectivity index (χ1v) is 11.6. The third-order valence-electron chi connectivity index (χ3n) is 6.38. The molecule has 4 rings (SSSR count). The van der Waals surface area contributed by atoms with Crippen molar-refractivity contribution in [2.24, 2.45) is 5.92 Å². The molecule has 1 amide bonds. The first-order valence-electron chi connectivity index (χ1n) is 11.6. The van der Waals surface area contributed by atoms with Gasteiger partial charge in [0, 0.05) is 31.8 Å². The van der Waals surface area contributed by atoms with Crippen molar-refractivity contribution in [3.8, 4) is 5.75 Å². The second kappa shape index (κ2) is 11.0. The Morgan fingerprint density at radius 1 is 0.971 bits per heavy atom. The van der Waals surface area contributed by atoms with Gasteiger partial charge in [-0.15, -0.1) is 13.2 Å². The van der Waals surface area contributed by atoms with Crippen LogP contribution in [0.5, 0.6) is 5.75 Å². The molecule has 35 heavy (non-hydrogen) atoms. The summed E-state index contributed by atoms with van der Waals surface area (Å²) in [4.78, 5) is 14.1. The SMILES string of the molecule is CC(=O)N1CC[C@H](OCc2cccc(OC(F)(F)F)c2)[C@H](C(c2ccccc2)c2ccccc2)C1. The zero-order valence-electron chi connectivity index (χ0n) is 19.4. The molecule has 1 aliphatic rings. The maximum absolute atomic E-state index is 12.6. The number of amides is 1. The van der Waals surface area contributed by atoms with Crippen LogP contribution < -0.4 is 4.74 Å². The Morgan fingerprint density at radius 3 is 2.17 bits per heavy atom. The Labute approximate surface area is 203 Å². The van der Waals surface area contributed by atoms with E-state index in [-0.39, 0.29) is 36.2 Å². The van der Waals surface area contributed by atoms with Crippen molar-refractivity contribution in [2.75, 3.05) is 13.1 Å². The van der Waals surface area contributed by atoms with Crippen LogP contribution in [0.2, 0.25) is 0 Å². The molecule has 0 aliphatic carbocycles. The summed E-state index contributed by atoms with van der Waals surface area (Å²) in [5.74, 6) is -0.296. The zero-order chi connectivity index (χ0) is 24.8. The summed E-state index contributed by atoms with van der Waals surface area (Å²) in [5.41, 5.74) is 2.85. The smallest absolute Gasteiger partial charge is 0.406 e. The zero-order valence-corrected chi connectivity index (χ0v) is 19.4. The minimum Gasteiger partial charge on any atom is -0.406 e. The van der Waals surface area contributed by atoms with Crippen molar-refractivity contribution in [3.63, 3.8) is 0 Å². The molecule has 3 aromatic carbocycles. The normalized spacial score (nSPS) is 18.5. The highest BCUT2D eigenvalue weighted by molar-refractivity contribution is 5.73. The molecule has 2 atom stereocenters. The fourth-order valence-electron chi connectivity index (χ4n) is 4.82. The fourth-order valence-corrected chi connectivity index (χ4v) is 4.82. The largest absolute Gasteiger partial charge is 0.573 e. The maximum atomic E-state index is 12.6. The monoisotopic (exact) mass is 483 g/mol.